The van der Waals surface area contributed by atoms with Crippen molar-refractivity contribution in [3.63, 3.8) is 0 Å². The highest BCUT2D eigenvalue weighted by molar-refractivity contribution is 9.10. The van der Waals surface area contributed by atoms with E-state index in [0.717, 1.165) is 22.7 Å². The zero-order chi connectivity index (χ0) is 15.9. The normalized spacial score (nSPS) is 11.4. The third-order valence-electron chi connectivity index (χ3n) is 3.01. The van der Waals surface area contributed by atoms with E-state index in [9.17, 15) is 0 Å². The van der Waals surface area contributed by atoms with E-state index in [1.807, 2.05) is 6.07 Å². The lowest BCUT2D eigenvalue weighted by Gasteiger charge is -2.15. The second-order valence-corrected chi connectivity index (χ2v) is 12.6. The largest absolute Gasteiger partial charge is 0.398 e. The summed E-state index contributed by atoms with van der Waals surface area (Å²) in [5.74, 6) is 0. The van der Waals surface area contributed by atoms with Gasteiger partial charge in [-0.25, -0.2) is 4.85 Å². The third-order valence-corrected chi connectivity index (χ3v) is 5.37. The van der Waals surface area contributed by atoms with E-state index in [1.54, 1.807) is 6.07 Å². The highest BCUT2D eigenvalue weighted by Crippen LogP contribution is 2.29. The summed E-state index contributed by atoms with van der Waals surface area (Å²) in [6, 6.07) is 4.68. The summed E-state index contributed by atoms with van der Waals surface area (Å²) in [6.07, 6.45) is 0.672. The van der Waals surface area contributed by atoms with Crippen LogP contribution in [0.5, 0.6) is 0 Å². The van der Waals surface area contributed by atoms with Gasteiger partial charge in [-0.3, -0.25) is 0 Å². The number of benzene rings is 1. The maximum absolute atomic E-state index is 7.06. The number of hydrogen-bond donors (Lipinski definition) is 1. The zero-order valence-electron chi connectivity index (χ0n) is 12.9. The molecule has 0 aliphatic rings. The number of anilines is 1. The second-order valence-electron chi connectivity index (χ2n) is 6.11. The van der Waals surface area contributed by atoms with Gasteiger partial charge in [-0.05, 0) is 40.0 Å². The number of nitrogens with two attached hydrogens (primary N) is 1. The van der Waals surface area contributed by atoms with Crippen LogP contribution in [0.25, 0.3) is 4.85 Å². The van der Waals surface area contributed by atoms with Crippen molar-refractivity contribution in [1.82, 2.24) is 0 Å². The van der Waals surface area contributed by atoms with Crippen LogP contribution in [-0.2, 0) is 15.9 Å². The fourth-order valence-electron chi connectivity index (χ4n) is 1.67. The molecular weight excluding hydrogens is 348 g/mol. The summed E-state index contributed by atoms with van der Waals surface area (Å²) in [6.45, 7) is 15.6. The number of nitrogen functional groups attached to an aromatic ring is 1. The van der Waals surface area contributed by atoms with Gasteiger partial charge in [-0.1, -0.05) is 25.7 Å². The summed E-state index contributed by atoms with van der Waals surface area (Å²) in [5, 5.41) is 0. The highest BCUT2D eigenvalue weighted by atomic mass is 79.9. The lowest BCUT2D eigenvalue weighted by atomic mass is 10.1. The van der Waals surface area contributed by atoms with Crippen LogP contribution in [0.3, 0.4) is 0 Å². The van der Waals surface area contributed by atoms with E-state index >= 15 is 0 Å². The Kier molecular flexibility index (Phi) is 7.39. The zero-order valence-corrected chi connectivity index (χ0v) is 15.5. The summed E-state index contributed by atoms with van der Waals surface area (Å²) in [5.41, 5.74) is 8.17. The van der Waals surface area contributed by atoms with E-state index < -0.39 is 8.07 Å². The van der Waals surface area contributed by atoms with Gasteiger partial charge in [0, 0.05) is 24.8 Å². The predicted octanol–water partition coefficient (Wildman–Crippen LogP) is 4.45. The first-order valence-corrected chi connectivity index (χ1v) is 11.4. The van der Waals surface area contributed by atoms with E-state index in [-0.39, 0.29) is 0 Å². The van der Waals surface area contributed by atoms with Gasteiger partial charge in [-0.15, -0.1) is 0 Å². The fourth-order valence-corrected chi connectivity index (χ4v) is 2.91. The van der Waals surface area contributed by atoms with E-state index in [2.05, 4.69) is 40.4 Å². The summed E-state index contributed by atoms with van der Waals surface area (Å²) in [4.78, 5) is 3.43. The van der Waals surface area contributed by atoms with Crippen molar-refractivity contribution in [2.75, 3.05) is 25.7 Å². The molecule has 0 aliphatic heterocycles. The van der Waals surface area contributed by atoms with E-state index in [1.165, 1.54) is 0 Å². The van der Waals surface area contributed by atoms with Crippen LogP contribution < -0.4 is 5.73 Å². The molecule has 0 aliphatic carbocycles. The minimum absolute atomic E-state index is 0.314. The van der Waals surface area contributed by atoms with Crippen molar-refractivity contribution in [3.05, 3.63) is 33.6 Å². The molecule has 0 radical (unpaired) electrons. The van der Waals surface area contributed by atoms with E-state index in [4.69, 9.17) is 21.8 Å². The van der Waals surface area contributed by atoms with Gasteiger partial charge < -0.3 is 15.2 Å². The maximum atomic E-state index is 7.06. The van der Waals surface area contributed by atoms with Crippen LogP contribution in [0.2, 0.25) is 25.7 Å². The molecule has 0 atom stereocenters. The summed E-state index contributed by atoms with van der Waals surface area (Å²) in [7, 11) is -1.03. The molecule has 6 heteroatoms. The first-order chi connectivity index (χ1) is 9.83. The standard InChI is InChI=1S/C15H23BrN2O2Si/c1-18-13-9-12(15(17)14(16)10-13)5-6-19-11-20-7-8-21(2,3)4/h9-10H,5-8,11,17H2,2-4H3. The Morgan fingerprint density at radius 2 is 1.90 bits per heavy atom. The Morgan fingerprint density at radius 3 is 2.52 bits per heavy atom. The lowest BCUT2D eigenvalue weighted by molar-refractivity contribution is -0.0483. The van der Waals surface area contributed by atoms with Gasteiger partial charge in [0.1, 0.15) is 6.79 Å². The van der Waals surface area contributed by atoms with Gasteiger partial charge in [0.05, 0.1) is 13.2 Å². The number of ether oxygens (including phenoxy) is 2. The average Bonchev–Trinajstić information content (AvgIpc) is 2.40. The average molecular weight is 371 g/mol. The first-order valence-electron chi connectivity index (χ1n) is 6.94. The molecule has 0 spiro atoms. The maximum Gasteiger partial charge on any atom is 0.188 e. The van der Waals surface area contributed by atoms with Crippen LogP contribution in [0.15, 0.2) is 16.6 Å². The molecule has 21 heavy (non-hydrogen) atoms. The Hall–Kier alpha value is -0.873. The molecule has 2 N–H and O–H groups in total. The summed E-state index contributed by atoms with van der Waals surface area (Å²) < 4.78 is 11.7. The van der Waals surface area contributed by atoms with Gasteiger partial charge in [0.25, 0.3) is 0 Å². The second kappa shape index (κ2) is 8.54. The number of halogens is 1. The van der Waals surface area contributed by atoms with Gasteiger partial charge in [0.15, 0.2) is 5.69 Å². The minimum atomic E-state index is -1.03. The van der Waals surface area contributed by atoms with Crippen molar-refractivity contribution in [2.45, 2.75) is 32.1 Å². The molecule has 0 fully saturated rings. The molecule has 4 nitrogen and oxygen atoms in total. The molecule has 116 valence electrons. The Morgan fingerprint density at radius 1 is 1.24 bits per heavy atom. The molecular formula is C15H23BrN2O2Si. The predicted molar refractivity (Wildman–Crippen MR) is 93.4 cm³/mol. The molecule has 0 bridgehead atoms. The van der Waals surface area contributed by atoms with Gasteiger partial charge in [0.2, 0.25) is 0 Å². The lowest BCUT2D eigenvalue weighted by Crippen LogP contribution is -2.22. The third kappa shape index (κ3) is 7.09. The molecule has 0 saturated carbocycles. The first kappa shape index (κ1) is 18.2. The van der Waals surface area contributed by atoms with Gasteiger partial charge >= 0.3 is 0 Å². The minimum Gasteiger partial charge on any atom is -0.398 e. The fraction of sp³-hybridized carbons (Fsp3) is 0.533. The molecule has 0 aromatic heterocycles. The smallest absolute Gasteiger partial charge is 0.188 e. The van der Waals surface area contributed by atoms with Crippen molar-refractivity contribution in [1.29, 1.82) is 0 Å². The van der Waals surface area contributed by atoms with Crippen LogP contribution in [0.4, 0.5) is 11.4 Å². The van der Waals surface area contributed by atoms with Crippen LogP contribution in [0.1, 0.15) is 5.56 Å². The van der Waals surface area contributed by atoms with Crippen molar-refractivity contribution < 1.29 is 9.47 Å². The van der Waals surface area contributed by atoms with Crippen molar-refractivity contribution in [3.8, 4) is 0 Å². The molecule has 1 aromatic carbocycles. The molecule has 0 unspecified atom stereocenters. The molecule has 1 rings (SSSR count). The van der Waals surface area contributed by atoms with Crippen molar-refractivity contribution in [2.24, 2.45) is 0 Å². The number of hydrogen-bond acceptors (Lipinski definition) is 3. The SMILES string of the molecule is [C-]#[N+]c1cc(Br)c(N)c(CCOCOCC[Si](C)(C)C)c1. The Labute approximate surface area is 136 Å². The highest BCUT2D eigenvalue weighted by Gasteiger charge is 2.12. The molecule has 0 saturated heterocycles. The number of nitrogens with zero attached hydrogens (tertiary/aromatic N) is 1. The topological polar surface area (TPSA) is 48.8 Å². The molecule has 1 aromatic rings. The monoisotopic (exact) mass is 370 g/mol. The van der Waals surface area contributed by atoms with Crippen LogP contribution >= 0.6 is 15.9 Å². The quantitative estimate of drug-likeness (QED) is 0.241. The van der Waals surface area contributed by atoms with Gasteiger partial charge in [-0.2, -0.15) is 0 Å². The van der Waals surface area contributed by atoms with Crippen LogP contribution in [0, 0.1) is 6.57 Å². The molecule has 0 heterocycles. The Bertz CT molecular complexity index is 510. The summed E-state index contributed by atoms with van der Waals surface area (Å²) >= 11 is 3.37. The van der Waals surface area contributed by atoms with Crippen molar-refractivity contribution >= 4 is 35.4 Å². The van der Waals surface area contributed by atoms with E-state index in [0.29, 0.717) is 31.2 Å². The molecule has 0 amide bonds. The number of rotatable bonds is 8. The van der Waals surface area contributed by atoms with Crippen LogP contribution in [-0.4, -0.2) is 28.1 Å². The Balaban J connectivity index is 2.31.